The number of rotatable bonds is 5. The molecule has 136 valence electrons. The highest BCUT2D eigenvalue weighted by Crippen LogP contribution is 2.32. The van der Waals surface area contributed by atoms with Gasteiger partial charge < -0.3 is 4.90 Å². The van der Waals surface area contributed by atoms with Crippen molar-refractivity contribution in [2.75, 3.05) is 32.1 Å². The number of fused-ring (bicyclic) bond motifs is 1. The highest BCUT2D eigenvalue weighted by atomic mass is 32.1. The van der Waals surface area contributed by atoms with Crippen molar-refractivity contribution >= 4 is 32.6 Å². The molecule has 1 amide bonds. The maximum absolute atomic E-state index is 13.2. The Balaban J connectivity index is 2.01. The number of hydrogen-bond donors (Lipinski definition) is 0. The molecule has 0 saturated heterocycles. The molecule has 0 fully saturated rings. The van der Waals surface area contributed by atoms with E-state index < -0.39 is 0 Å². The summed E-state index contributed by atoms with van der Waals surface area (Å²) in [6.45, 7) is 7.60. The second-order valence-electron chi connectivity index (χ2n) is 6.98. The van der Waals surface area contributed by atoms with Crippen LogP contribution in [0.4, 0.5) is 5.13 Å². The molecule has 1 aromatic heterocycles. The molecule has 2 aromatic carbocycles. The Morgan fingerprint density at radius 1 is 1.00 bits per heavy atom. The van der Waals surface area contributed by atoms with E-state index in [9.17, 15) is 4.79 Å². The Hall–Kier alpha value is -2.24. The quantitative estimate of drug-likeness (QED) is 0.669. The van der Waals surface area contributed by atoms with Crippen LogP contribution in [0.1, 0.15) is 27.0 Å². The lowest BCUT2D eigenvalue weighted by atomic mass is 10.1. The summed E-state index contributed by atoms with van der Waals surface area (Å²) >= 11 is 1.58. The summed E-state index contributed by atoms with van der Waals surface area (Å²) in [6.07, 6.45) is 0. The maximum Gasteiger partial charge on any atom is 0.260 e. The van der Waals surface area contributed by atoms with Crippen LogP contribution in [0, 0.1) is 20.8 Å². The van der Waals surface area contributed by atoms with Crippen LogP contribution in [-0.2, 0) is 0 Å². The van der Waals surface area contributed by atoms with Gasteiger partial charge >= 0.3 is 0 Å². The first-order valence-electron chi connectivity index (χ1n) is 8.77. The molecule has 3 aromatic rings. The van der Waals surface area contributed by atoms with Gasteiger partial charge in [-0.3, -0.25) is 9.69 Å². The molecule has 0 radical (unpaired) electrons. The van der Waals surface area contributed by atoms with Crippen LogP contribution in [0.15, 0.2) is 36.4 Å². The summed E-state index contributed by atoms with van der Waals surface area (Å²) in [5.74, 6) is 0.000260. The maximum atomic E-state index is 13.2. The van der Waals surface area contributed by atoms with Gasteiger partial charge in [-0.2, -0.15) is 0 Å². The molecule has 26 heavy (non-hydrogen) atoms. The number of nitrogens with zero attached hydrogens (tertiary/aromatic N) is 3. The molecule has 0 aliphatic heterocycles. The number of carbonyl (C=O) groups excluding carboxylic acids is 1. The standard InChI is InChI=1S/C21H25N3OS/c1-14-6-9-17(10-7-14)20(25)24(13-12-23(4)5)21-22-19-16(3)15(2)8-11-18(19)26-21/h6-11H,12-13H2,1-5H3. The van der Waals surface area contributed by atoms with E-state index >= 15 is 0 Å². The third kappa shape index (κ3) is 3.79. The zero-order valence-corrected chi connectivity index (χ0v) is 16.9. The first-order valence-corrected chi connectivity index (χ1v) is 9.58. The highest BCUT2D eigenvalue weighted by Gasteiger charge is 2.22. The molecule has 3 rings (SSSR count). The van der Waals surface area contributed by atoms with E-state index in [1.807, 2.05) is 50.2 Å². The summed E-state index contributed by atoms with van der Waals surface area (Å²) in [4.78, 5) is 21.9. The fourth-order valence-corrected chi connectivity index (χ4v) is 3.82. The Labute approximate surface area is 159 Å². The van der Waals surface area contributed by atoms with Crippen LogP contribution in [-0.4, -0.2) is 43.0 Å². The fourth-order valence-electron chi connectivity index (χ4n) is 2.77. The van der Waals surface area contributed by atoms with Crippen molar-refractivity contribution in [3.05, 3.63) is 58.7 Å². The minimum atomic E-state index is 0.000260. The van der Waals surface area contributed by atoms with Gasteiger partial charge in [0.1, 0.15) is 0 Å². The lowest BCUT2D eigenvalue weighted by Gasteiger charge is -2.22. The van der Waals surface area contributed by atoms with Crippen molar-refractivity contribution in [1.82, 2.24) is 9.88 Å². The molecule has 0 aliphatic carbocycles. The average Bonchev–Trinajstić information content (AvgIpc) is 3.03. The topological polar surface area (TPSA) is 36.4 Å². The van der Waals surface area contributed by atoms with Crippen LogP contribution in [0.2, 0.25) is 0 Å². The average molecular weight is 368 g/mol. The molecular weight excluding hydrogens is 342 g/mol. The summed E-state index contributed by atoms with van der Waals surface area (Å²) in [5, 5.41) is 0.765. The fraction of sp³-hybridized carbons (Fsp3) is 0.333. The number of likely N-dealkylation sites (N-methyl/N-ethyl adjacent to an activating group) is 1. The molecule has 5 heteroatoms. The van der Waals surface area contributed by atoms with Crippen LogP contribution >= 0.6 is 11.3 Å². The Morgan fingerprint density at radius 2 is 1.69 bits per heavy atom. The van der Waals surface area contributed by atoms with Gasteiger partial charge in [-0.1, -0.05) is 35.1 Å². The van der Waals surface area contributed by atoms with Gasteiger partial charge in [0, 0.05) is 18.7 Å². The van der Waals surface area contributed by atoms with Crippen molar-refractivity contribution in [1.29, 1.82) is 0 Å². The van der Waals surface area contributed by atoms with E-state index in [1.54, 1.807) is 11.3 Å². The van der Waals surface area contributed by atoms with E-state index in [4.69, 9.17) is 4.98 Å². The van der Waals surface area contributed by atoms with Gasteiger partial charge in [-0.25, -0.2) is 4.98 Å². The zero-order valence-electron chi connectivity index (χ0n) is 16.0. The second kappa shape index (κ2) is 7.56. The predicted molar refractivity (Wildman–Crippen MR) is 111 cm³/mol. The number of benzene rings is 2. The third-order valence-corrected chi connectivity index (χ3v) is 5.66. The number of anilines is 1. The van der Waals surface area contributed by atoms with Crippen LogP contribution in [0.25, 0.3) is 10.2 Å². The van der Waals surface area contributed by atoms with Crippen LogP contribution < -0.4 is 4.90 Å². The molecule has 0 saturated carbocycles. The van der Waals surface area contributed by atoms with Gasteiger partial charge in [0.2, 0.25) is 0 Å². The second-order valence-corrected chi connectivity index (χ2v) is 7.99. The third-order valence-electron chi connectivity index (χ3n) is 4.62. The van der Waals surface area contributed by atoms with Crippen molar-refractivity contribution in [3.63, 3.8) is 0 Å². The van der Waals surface area contributed by atoms with Crippen molar-refractivity contribution in [2.45, 2.75) is 20.8 Å². The molecule has 0 N–H and O–H groups in total. The van der Waals surface area contributed by atoms with Gasteiger partial charge in [0.05, 0.1) is 10.2 Å². The molecule has 1 heterocycles. The van der Waals surface area contributed by atoms with E-state index in [1.165, 1.54) is 11.1 Å². The summed E-state index contributed by atoms with van der Waals surface area (Å²) in [7, 11) is 4.03. The van der Waals surface area contributed by atoms with Gasteiger partial charge in [-0.05, 0) is 64.2 Å². The molecule has 0 spiro atoms. The molecule has 0 bridgehead atoms. The Bertz CT molecular complexity index is 928. The Kier molecular flexibility index (Phi) is 5.39. The van der Waals surface area contributed by atoms with Gasteiger partial charge in [-0.15, -0.1) is 0 Å². The number of hydrogen-bond acceptors (Lipinski definition) is 4. The van der Waals surface area contributed by atoms with Crippen molar-refractivity contribution in [2.24, 2.45) is 0 Å². The number of aryl methyl sites for hydroxylation is 3. The molecule has 0 aliphatic rings. The van der Waals surface area contributed by atoms with E-state index in [0.717, 1.165) is 27.5 Å². The summed E-state index contributed by atoms with van der Waals surface area (Å²) in [5.41, 5.74) is 5.24. The molecular formula is C21H25N3OS. The minimum absolute atomic E-state index is 0.000260. The first-order chi connectivity index (χ1) is 12.4. The number of amides is 1. The first kappa shape index (κ1) is 18.5. The smallest absolute Gasteiger partial charge is 0.260 e. The van der Waals surface area contributed by atoms with Gasteiger partial charge in [0.25, 0.3) is 5.91 Å². The number of aromatic nitrogens is 1. The Morgan fingerprint density at radius 3 is 2.35 bits per heavy atom. The highest BCUT2D eigenvalue weighted by molar-refractivity contribution is 7.22. The largest absolute Gasteiger partial charge is 0.308 e. The van der Waals surface area contributed by atoms with Gasteiger partial charge in [0.15, 0.2) is 5.13 Å². The molecule has 0 atom stereocenters. The van der Waals surface area contributed by atoms with Crippen molar-refractivity contribution < 1.29 is 4.79 Å². The molecule has 0 unspecified atom stereocenters. The summed E-state index contributed by atoms with van der Waals surface area (Å²) < 4.78 is 1.12. The van der Waals surface area contributed by atoms with Crippen molar-refractivity contribution in [3.8, 4) is 0 Å². The van der Waals surface area contributed by atoms with E-state index in [2.05, 4.69) is 30.9 Å². The number of carbonyl (C=O) groups is 1. The minimum Gasteiger partial charge on any atom is -0.308 e. The lowest BCUT2D eigenvalue weighted by molar-refractivity contribution is 0.0985. The van der Waals surface area contributed by atoms with E-state index in [-0.39, 0.29) is 5.91 Å². The molecule has 4 nitrogen and oxygen atoms in total. The monoisotopic (exact) mass is 367 g/mol. The zero-order chi connectivity index (χ0) is 18.8. The number of thiazole rings is 1. The van der Waals surface area contributed by atoms with Crippen LogP contribution in [0.3, 0.4) is 0 Å². The van der Waals surface area contributed by atoms with E-state index in [0.29, 0.717) is 12.1 Å². The summed E-state index contributed by atoms with van der Waals surface area (Å²) in [6, 6.07) is 11.9. The predicted octanol–water partition coefficient (Wildman–Crippen LogP) is 4.43. The van der Waals surface area contributed by atoms with Crippen LogP contribution in [0.5, 0.6) is 0 Å². The normalized spacial score (nSPS) is 11.3. The SMILES string of the molecule is Cc1ccc(C(=O)N(CCN(C)C)c2nc3c(C)c(C)ccc3s2)cc1. The lowest BCUT2D eigenvalue weighted by Crippen LogP contribution is -2.36.